The maximum atomic E-state index is 11.6. The molecule has 8 N–H and O–H groups in total. The van der Waals surface area contributed by atoms with E-state index in [1.54, 1.807) is 49.4 Å². The number of anilines is 1. The van der Waals surface area contributed by atoms with Crippen LogP contribution in [0.4, 0.5) is 5.69 Å². The number of carbonyl (C=O) groups is 6. The smallest absolute Gasteiger partial charge is 1.00 e. The van der Waals surface area contributed by atoms with Gasteiger partial charge in [-0.1, -0.05) is 44.0 Å². The quantitative estimate of drug-likeness (QED) is 0.0282. The fourth-order valence-corrected chi connectivity index (χ4v) is 5.77. The fourth-order valence-electron chi connectivity index (χ4n) is 5.25. The van der Waals surface area contributed by atoms with Crippen LogP contribution in [0, 0.1) is 37.3 Å². The van der Waals surface area contributed by atoms with Gasteiger partial charge in [-0.3, -0.25) is 0 Å². The third-order valence-electron chi connectivity index (χ3n) is 8.36. The van der Waals surface area contributed by atoms with Crippen LogP contribution in [0.15, 0.2) is 72.8 Å². The molecule has 73 heavy (non-hydrogen) atoms. The number of hydrogen-bond donors (Lipinski definition) is 3. The van der Waals surface area contributed by atoms with E-state index in [0.29, 0.717) is 27.9 Å². The number of aryl methyl sites for hydroxylation is 1. The van der Waals surface area contributed by atoms with Gasteiger partial charge in [-0.2, -0.15) is 6.42 Å². The zero-order valence-corrected chi connectivity index (χ0v) is 49.1. The monoisotopic (exact) mass is 1180 g/mol. The Bertz CT molecular complexity index is 2260. The van der Waals surface area contributed by atoms with Crippen LogP contribution in [0.2, 0.25) is 19.6 Å². The first-order chi connectivity index (χ1) is 31.7. The molecule has 0 unspecified atom stereocenters. The van der Waals surface area contributed by atoms with Crippen LogP contribution in [0.25, 0.3) is 0 Å². The first-order valence-corrected chi connectivity index (χ1v) is 23.7. The molecule has 0 radical (unpaired) electrons. The van der Waals surface area contributed by atoms with E-state index in [4.69, 9.17) is 27.1 Å². The Morgan fingerprint density at radius 1 is 0.616 bits per heavy atom. The van der Waals surface area contributed by atoms with E-state index in [0.717, 1.165) is 29.7 Å². The van der Waals surface area contributed by atoms with Crippen molar-refractivity contribution in [3.8, 4) is 23.8 Å². The molecule has 23 heteroatoms. The average Bonchev–Trinajstić information content (AvgIpc) is 3.94. The molecule has 1 aliphatic rings. The molecular formula is C50H65AlIKLiNO17Si. The number of terminal acetylenes is 1. The number of halogens is 1. The summed E-state index contributed by atoms with van der Waals surface area (Å²) in [5, 5.41) is 17.7. The second kappa shape index (κ2) is 43.4. The number of benzene rings is 4. The van der Waals surface area contributed by atoms with Crippen LogP contribution in [0.5, 0.6) is 0 Å². The Morgan fingerprint density at radius 2 is 0.945 bits per heavy atom. The summed E-state index contributed by atoms with van der Waals surface area (Å²) in [6.07, 6.45) is 7.56. The number of nitrogens with two attached hydrogens (primary N) is 1. The number of methoxy groups -OCH3 is 6. The van der Waals surface area contributed by atoms with Gasteiger partial charge in [-0.25, -0.2) is 35.4 Å². The van der Waals surface area contributed by atoms with E-state index >= 15 is 0 Å². The van der Waals surface area contributed by atoms with Gasteiger partial charge in [0.2, 0.25) is 0 Å². The number of ether oxygens (including phenoxy) is 7. The summed E-state index contributed by atoms with van der Waals surface area (Å²) in [5.41, 5.74) is 14.3. The summed E-state index contributed by atoms with van der Waals surface area (Å²) in [5.74, 6) is 2.42. The zero-order valence-electron chi connectivity index (χ0n) is 42.8. The normalized spacial score (nSPS) is 9.90. The fraction of sp³-hybridized carbons (Fsp3) is 0.300. The molecule has 0 aliphatic carbocycles. The maximum absolute atomic E-state index is 11.6. The number of hydrogen-bond acceptors (Lipinski definition) is 16. The predicted octanol–water partition coefficient (Wildman–Crippen LogP) is -5.31. The molecule has 1 aliphatic heterocycles. The number of esters is 6. The first-order valence-electron chi connectivity index (χ1n) is 20.2. The summed E-state index contributed by atoms with van der Waals surface area (Å²) in [6.45, 7) is 10.8. The molecule has 1 heterocycles. The van der Waals surface area contributed by atoms with E-state index in [1.165, 1.54) is 79.4 Å². The van der Waals surface area contributed by atoms with E-state index in [-0.39, 0.29) is 158 Å². The molecule has 4 aromatic carbocycles. The number of rotatable bonds is 8. The van der Waals surface area contributed by atoms with Gasteiger partial charge >= 0.3 is 106 Å². The Hall–Kier alpha value is -3.87. The van der Waals surface area contributed by atoms with Gasteiger partial charge in [-0.05, 0) is 90.3 Å². The minimum absolute atomic E-state index is 0. The molecule has 1 saturated heterocycles. The van der Waals surface area contributed by atoms with E-state index in [1.807, 2.05) is 6.61 Å². The number of aliphatic hydroxyl groups excluding tert-OH is 2. The molecule has 18 nitrogen and oxygen atoms in total. The summed E-state index contributed by atoms with van der Waals surface area (Å²) in [6, 6.07) is 18.8. The standard InChI is InChI=1S/C15H18O4Si.C11H12O4.C10H11NO4.C10H10O2.C4H7O.Al.HI.K.Li.2H2O.3H/c1-18-14(16)12-8-11(6-7-20(3,4)5)9-13(10-12)15(17)19-2;1-7-4-8(10(12)14-2)6-9(5-7)11(13)15-3;1-14-9(12)6-3-7(10(13)15-2)5-8(11)4-6;1-2-8-3-9(6-11)5-10(4-8)7-12;1-2-4-5-3-1;;;;;;;;;/h8-10H,1-5H3;4-6H,1-3H3;3-5H,11H2,1-2H3;1,3-5,11-12H,6-7H2;3H,1-2,4H2;;1H;;;2*1H2;;;/q;;;;-1;;;2*+1;;;;;/p-1. The van der Waals surface area contributed by atoms with Crippen molar-refractivity contribution in [2.24, 2.45) is 0 Å². The van der Waals surface area contributed by atoms with Crippen molar-refractivity contribution in [1.29, 1.82) is 0 Å². The minimum atomic E-state index is -1.54. The van der Waals surface area contributed by atoms with E-state index in [2.05, 4.69) is 65.4 Å². The van der Waals surface area contributed by atoms with Gasteiger partial charge in [-0.15, -0.1) is 12.0 Å². The molecule has 0 bridgehead atoms. The van der Waals surface area contributed by atoms with Crippen LogP contribution in [0.3, 0.4) is 0 Å². The number of nitrogen functional groups attached to an aromatic ring is 1. The van der Waals surface area contributed by atoms with Crippen molar-refractivity contribution in [3.05, 3.63) is 141 Å². The summed E-state index contributed by atoms with van der Waals surface area (Å²) in [4.78, 5) is 68.1. The molecule has 388 valence electrons. The zero-order chi connectivity index (χ0) is 50.7. The van der Waals surface area contributed by atoms with Crippen molar-refractivity contribution in [2.75, 3.05) is 55.0 Å². The van der Waals surface area contributed by atoms with Gasteiger partial charge in [0.05, 0.1) is 89.3 Å². The van der Waals surface area contributed by atoms with Gasteiger partial charge in [0, 0.05) is 23.4 Å². The van der Waals surface area contributed by atoms with Crippen LogP contribution in [-0.4, -0.2) is 132 Å². The summed E-state index contributed by atoms with van der Waals surface area (Å²) in [7, 11) is 6.14. The van der Waals surface area contributed by atoms with Gasteiger partial charge in [0.1, 0.15) is 8.07 Å². The van der Waals surface area contributed by atoms with Gasteiger partial charge < -0.3 is 84.0 Å². The molecule has 0 amide bonds. The molecular weight excluding hydrogens is 1110 g/mol. The molecule has 0 aromatic heterocycles. The van der Waals surface area contributed by atoms with Crippen molar-refractivity contribution in [2.45, 2.75) is 52.6 Å². The van der Waals surface area contributed by atoms with Crippen LogP contribution in [-0.2, 0) is 46.4 Å². The Morgan fingerprint density at radius 3 is 1.19 bits per heavy atom. The molecule has 0 saturated carbocycles. The SMILES string of the molecule is C#Cc1cc(CO)cc(CO)c1.COC(=O)c1cc(C#C[Si](C)(C)C)cc(C(=O)OC)c1.COC(=O)c1cc(C)cc(C(=O)OC)c1.COC(=O)c1cc(N)cc(C(=O)OC)c1.O.O.[AlH3].[CH-]1CCCO1.[I-].[K+].[Li+]. The number of aliphatic hydroxyl groups is 2. The average molecular weight is 1180 g/mol. The third kappa shape index (κ3) is 31.6. The minimum Gasteiger partial charge on any atom is -1.00 e. The molecule has 0 spiro atoms. The van der Waals surface area contributed by atoms with Crippen molar-refractivity contribution >= 4 is 66.9 Å². The molecule has 4 aromatic rings. The van der Waals surface area contributed by atoms with Crippen LogP contribution < -0.4 is 100.0 Å². The van der Waals surface area contributed by atoms with Crippen molar-refractivity contribution < 1.29 is 177 Å². The first kappa shape index (κ1) is 80.5. The predicted molar refractivity (Wildman–Crippen MR) is 270 cm³/mol. The molecule has 0 atom stereocenters. The Labute approximate surface area is 510 Å². The largest absolute Gasteiger partial charge is 1.00 e. The third-order valence-corrected chi connectivity index (χ3v) is 9.24. The van der Waals surface area contributed by atoms with E-state index < -0.39 is 43.9 Å². The van der Waals surface area contributed by atoms with E-state index in [9.17, 15) is 28.8 Å². The van der Waals surface area contributed by atoms with Gasteiger partial charge in [0.25, 0.3) is 0 Å². The topological polar surface area (TPSA) is 297 Å². The Kier molecular flexibility index (Phi) is 47.8. The van der Waals surface area contributed by atoms with Crippen molar-refractivity contribution in [3.63, 3.8) is 0 Å². The summed E-state index contributed by atoms with van der Waals surface area (Å²) >= 11 is 0. The summed E-state index contributed by atoms with van der Waals surface area (Å²) < 4.78 is 32.3. The second-order valence-corrected chi connectivity index (χ2v) is 19.6. The van der Waals surface area contributed by atoms with Gasteiger partial charge in [0.15, 0.2) is 17.4 Å². The molecule has 1 fully saturated rings. The van der Waals surface area contributed by atoms with Crippen LogP contribution in [0.1, 0.15) is 103 Å². The maximum Gasteiger partial charge on any atom is 1.00 e. The second-order valence-electron chi connectivity index (χ2n) is 14.9. The number of carbonyl (C=O) groups excluding carboxylic acids is 6. The molecule has 5 rings (SSSR count). The van der Waals surface area contributed by atoms with Crippen LogP contribution >= 0.6 is 0 Å². The Balaban J connectivity index is -0.000000195. The van der Waals surface area contributed by atoms with Crippen molar-refractivity contribution in [1.82, 2.24) is 0 Å².